The number of hydrogen-bond acceptors (Lipinski definition) is 10. The van der Waals surface area contributed by atoms with E-state index < -0.39 is 71.5 Å². The number of carbonyl (C=O) groups excluding carboxylic acids is 6. The van der Waals surface area contributed by atoms with Gasteiger partial charge in [-0.1, -0.05) is 72.8 Å². The Morgan fingerprint density at radius 3 is 1.32 bits per heavy atom. The lowest BCUT2D eigenvalue weighted by Crippen LogP contribution is -2.53. The summed E-state index contributed by atoms with van der Waals surface area (Å²) in [5, 5.41) is 12.1. The van der Waals surface area contributed by atoms with E-state index in [2.05, 4.69) is 16.0 Å². The van der Waals surface area contributed by atoms with Crippen LogP contribution in [0.25, 0.3) is 21.5 Å². The van der Waals surface area contributed by atoms with Gasteiger partial charge in [-0.25, -0.2) is 9.59 Å². The molecule has 0 radical (unpaired) electrons. The maximum Gasteiger partial charge on any atom is 0.339 e. The summed E-state index contributed by atoms with van der Waals surface area (Å²) in [6.07, 6.45) is 1.94. The zero-order valence-electron chi connectivity index (χ0n) is 36.6. The van der Waals surface area contributed by atoms with E-state index in [0.29, 0.717) is 49.9 Å². The number of ether oxygens (including phenoxy) is 2. The normalized spacial score (nSPS) is 26.9. The maximum absolute atomic E-state index is 14.7. The highest BCUT2D eigenvalue weighted by Gasteiger charge is 2.62. The van der Waals surface area contributed by atoms with E-state index >= 15 is 0 Å². The van der Waals surface area contributed by atoms with Crippen molar-refractivity contribution < 1.29 is 38.2 Å². The minimum absolute atomic E-state index is 0.249. The molecule has 10 atom stereocenters. The summed E-state index contributed by atoms with van der Waals surface area (Å²) in [4.78, 5) is 89.0. The summed E-state index contributed by atoms with van der Waals surface area (Å²) >= 11 is 0. The summed E-state index contributed by atoms with van der Waals surface area (Å²) in [6, 6.07) is 26.0. The minimum Gasteiger partial charge on any atom is -0.458 e. The fourth-order valence-electron chi connectivity index (χ4n) is 11.3. The molecule has 4 aromatic rings. The molecule has 13 heteroatoms. The monoisotopic (exact) mass is 857 g/mol. The van der Waals surface area contributed by atoms with Gasteiger partial charge in [-0.05, 0) is 125 Å². The molecule has 3 N–H and O–H groups in total. The number of hydrogen-bond donors (Lipinski definition) is 3. The molecule has 0 heterocycles. The predicted molar refractivity (Wildman–Crippen MR) is 238 cm³/mol. The molecule has 4 aliphatic rings. The second kappa shape index (κ2) is 19.0. The molecule has 0 aromatic heterocycles. The van der Waals surface area contributed by atoms with Crippen molar-refractivity contribution in [1.29, 1.82) is 0 Å². The van der Waals surface area contributed by atoms with Crippen LogP contribution in [0, 0.1) is 47.3 Å². The van der Waals surface area contributed by atoms with Gasteiger partial charge in [0, 0.05) is 24.9 Å². The van der Waals surface area contributed by atoms with Crippen LogP contribution in [0.5, 0.6) is 0 Å². The molecule has 4 amide bonds. The standard InChI is InChI=1S/C50H59N5O8/c1-54(2)23-11-21-51-45(56)41-31-25-37(39(27-31)62-49(60)35-19-9-15-29-13-5-7-17-33(29)35)43(41)47(58)53-48(59)44-38-26-32(42(44)46(57)52-22-12-24-55(3)4)28-40(38)63-50(61)36-20-10-16-30-14-6-8-18-34(30)36/h5-10,13-20,31-32,37-44H,11-12,21-28H2,1-4H3,(H,51,56)(H,52,57)(H,53,58,59). The van der Waals surface area contributed by atoms with Crippen molar-refractivity contribution in [3.63, 3.8) is 0 Å². The molecule has 4 aromatic carbocycles. The Labute approximate surface area is 368 Å². The predicted octanol–water partition coefficient (Wildman–Crippen LogP) is 5.07. The molecule has 0 aliphatic heterocycles. The highest BCUT2D eigenvalue weighted by Crippen LogP contribution is 2.56. The second-order valence-corrected chi connectivity index (χ2v) is 18.6. The van der Waals surface area contributed by atoms with Crippen molar-refractivity contribution in [2.24, 2.45) is 47.3 Å². The van der Waals surface area contributed by atoms with Gasteiger partial charge in [-0.15, -0.1) is 0 Å². The first-order valence-corrected chi connectivity index (χ1v) is 22.5. The number of carbonyl (C=O) groups is 6. The maximum atomic E-state index is 14.7. The van der Waals surface area contributed by atoms with E-state index in [4.69, 9.17) is 9.47 Å². The van der Waals surface area contributed by atoms with Gasteiger partial charge < -0.3 is 29.9 Å². The van der Waals surface area contributed by atoms with Gasteiger partial charge in [0.1, 0.15) is 12.2 Å². The first kappa shape index (κ1) is 44.0. The number of nitrogens with one attached hydrogen (secondary N) is 3. The first-order chi connectivity index (χ1) is 30.4. The zero-order chi connectivity index (χ0) is 44.4. The van der Waals surface area contributed by atoms with E-state index in [1.54, 1.807) is 24.3 Å². The fraction of sp³-hybridized carbons (Fsp3) is 0.480. The highest BCUT2D eigenvalue weighted by atomic mass is 16.5. The van der Waals surface area contributed by atoms with Gasteiger partial charge in [0.05, 0.1) is 34.8 Å². The summed E-state index contributed by atoms with van der Waals surface area (Å²) in [5.74, 6) is -7.67. The third-order valence-electron chi connectivity index (χ3n) is 14.0. The molecular weight excluding hydrogens is 799 g/mol. The van der Waals surface area contributed by atoms with Gasteiger partial charge in [0.2, 0.25) is 23.6 Å². The number of fused-ring (bicyclic) bond motifs is 6. The van der Waals surface area contributed by atoms with Gasteiger partial charge in [0.25, 0.3) is 0 Å². The number of amides is 4. The number of benzene rings is 4. The Morgan fingerprint density at radius 2 is 0.905 bits per heavy atom. The SMILES string of the molecule is CN(C)CCCNC(=O)C1C2CC(OC(=O)c3cccc4ccccc34)C(C2)C1C(=O)NC(=O)C1C2CC(CC2OC(=O)c2cccc3ccccc23)C1C(=O)NCCCN(C)C. The Bertz CT molecular complexity index is 2210. The molecule has 63 heavy (non-hydrogen) atoms. The van der Waals surface area contributed by atoms with Crippen molar-refractivity contribution >= 4 is 57.1 Å². The molecule has 13 nitrogen and oxygen atoms in total. The lowest BCUT2D eigenvalue weighted by atomic mass is 9.75. The van der Waals surface area contributed by atoms with E-state index in [0.717, 1.165) is 47.5 Å². The molecule has 0 spiro atoms. The fourth-order valence-corrected chi connectivity index (χ4v) is 11.3. The average molecular weight is 858 g/mol. The van der Waals surface area contributed by atoms with Crippen LogP contribution in [-0.4, -0.2) is 112 Å². The quantitative estimate of drug-likeness (QED) is 0.0789. The Hall–Kier alpha value is -5.66. The third-order valence-corrected chi connectivity index (χ3v) is 14.0. The largest absolute Gasteiger partial charge is 0.458 e. The summed E-state index contributed by atoms with van der Waals surface area (Å²) in [7, 11) is 7.84. The Balaban J connectivity index is 1.03. The van der Waals surface area contributed by atoms with Crippen molar-refractivity contribution in [3.05, 3.63) is 96.1 Å². The smallest absolute Gasteiger partial charge is 0.339 e. The van der Waals surface area contributed by atoms with Crippen LogP contribution >= 0.6 is 0 Å². The van der Waals surface area contributed by atoms with Crippen molar-refractivity contribution in [1.82, 2.24) is 25.8 Å². The summed E-state index contributed by atoms with van der Waals surface area (Å²) < 4.78 is 12.4. The molecular formula is C50H59N5O8. The second-order valence-electron chi connectivity index (χ2n) is 18.6. The molecule has 4 fully saturated rings. The lowest BCUT2D eigenvalue weighted by molar-refractivity contribution is -0.147. The van der Waals surface area contributed by atoms with E-state index in [1.165, 1.54) is 0 Å². The molecule has 10 unspecified atom stereocenters. The van der Waals surface area contributed by atoms with Crippen LogP contribution in [0.4, 0.5) is 0 Å². The van der Waals surface area contributed by atoms with Gasteiger partial charge in [-0.3, -0.25) is 24.5 Å². The van der Waals surface area contributed by atoms with Gasteiger partial charge >= 0.3 is 11.9 Å². The van der Waals surface area contributed by atoms with Crippen molar-refractivity contribution in [2.45, 2.75) is 50.7 Å². The highest BCUT2D eigenvalue weighted by molar-refractivity contribution is 6.06. The van der Waals surface area contributed by atoms with E-state index in [-0.39, 0.29) is 23.7 Å². The number of imide groups is 1. The van der Waals surface area contributed by atoms with Gasteiger partial charge in [-0.2, -0.15) is 0 Å². The van der Waals surface area contributed by atoms with Crippen LogP contribution < -0.4 is 16.0 Å². The van der Waals surface area contributed by atoms with Crippen LogP contribution in [-0.2, 0) is 28.7 Å². The van der Waals surface area contributed by atoms with Crippen LogP contribution in [0.15, 0.2) is 84.9 Å². The van der Waals surface area contributed by atoms with Crippen LogP contribution in [0.3, 0.4) is 0 Å². The molecule has 4 bridgehead atoms. The third kappa shape index (κ3) is 9.22. The summed E-state index contributed by atoms with van der Waals surface area (Å²) in [6.45, 7) is 2.39. The molecule has 0 saturated heterocycles. The van der Waals surface area contributed by atoms with Crippen LogP contribution in [0.2, 0.25) is 0 Å². The lowest BCUT2D eigenvalue weighted by Gasteiger charge is -2.36. The topological polar surface area (TPSA) is 163 Å². The van der Waals surface area contributed by atoms with Gasteiger partial charge in [0.15, 0.2) is 0 Å². The van der Waals surface area contributed by atoms with E-state index in [9.17, 15) is 28.8 Å². The van der Waals surface area contributed by atoms with Crippen LogP contribution in [0.1, 0.15) is 59.2 Å². The number of rotatable bonds is 16. The number of esters is 2. The molecule has 4 aliphatic carbocycles. The molecule has 4 saturated carbocycles. The molecule has 8 rings (SSSR count). The Morgan fingerprint density at radius 1 is 0.508 bits per heavy atom. The van der Waals surface area contributed by atoms with Crippen molar-refractivity contribution in [2.75, 3.05) is 54.4 Å². The van der Waals surface area contributed by atoms with Crippen molar-refractivity contribution in [3.8, 4) is 0 Å². The number of nitrogens with zero attached hydrogens (tertiary/aromatic N) is 2. The minimum atomic E-state index is -0.955. The zero-order valence-corrected chi connectivity index (χ0v) is 36.6. The average Bonchev–Trinajstić information content (AvgIpc) is 4.06. The molecule has 332 valence electrons. The first-order valence-electron chi connectivity index (χ1n) is 22.5. The van der Waals surface area contributed by atoms with E-state index in [1.807, 2.05) is 98.7 Å². The summed E-state index contributed by atoms with van der Waals surface area (Å²) in [5.41, 5.74) is 0.834. The Kier molecular flexibility index (Phi) is 13.2.